The van der Waals surface area contributed by atoms with Crippen LogP contribution >= 0.6 is 15.9 Å². The monoisotopic (exact) mass is 187 g/mol. The molecule has 1 aliphatic heterocycles. The highest BCUT2D eigenvalue weighted by atomic mass is 79.9. The molecule has 0 saturated heterocycles. The van der Waals surface area contributed by atoms with Gasteiger partial charge >= 0.3 is 0 Å². The van der Waals surface area contributed by atoms with Gasteiger partial charge in [0.1, 0.15) is 0 Å². The van der Waals surface area contributed by atoms with Gasteiger partial charge in [-0.2, -0.15) is 0 Å². The average molecular weight is 188 g/mol. The van der Waals surface area contributed by atoms with Gasteiger partial charge in [0.2, 0.25) is 7.28 Å². The smallest absolute Gasteiger partial charge is 0.222 e. The van der Waals surface area contributed by atoms with Gasteiger partial charge in [0, 0.05) is 4.52 Å². The molecular weight excluding hydrogens is 181 g/mol. The van der Waals surface area contributed by atoms with Crippen LogP contribution in [0.2, 0.25) is 0 Å². The molecule has 4 heteroatoms. The molecule has 0 aromatic carbocycles. The summed E-state index contributed by atoms with van der Waals surface area (Å²) >= 11 is 3.26. The lowest BCUT2D eigenvalue weighted by molar-refractivity contribution is 0.330. The molecule has 0 aliphatic carbocycles. The zero-order valence-corrected chi connectivity index (χ0v) is 6.77. The zero-order chi connectivity index (χ0) is 6.85. The van der Waals surface area contributed by atoms with Crippen molar-refractivity contribution >= 4 is 27.7 Å². The predicted octanol–water partition coefficient (Wildman–Crippen LogP) is 0.411. The van der Waals surface area contributed by atoms with Crippen LogP contribution in [0, 0.1) is 0 Å². The van der Waals surface area contributed by atoms with Gasteiger partial charge in [0.15, 0.2) is 0 Å². The summed E-state index contributed by atoms with van der Waals surface area (Å²) in [5.74, 6) is 0. The van der Waals surface area contributed by atoms with Crippen LogP contribution < -0.4 is 0 Å². The molecule has 9 heavy (non-hydrogen) atoms. The summed E-state index contributed by atoms with van der Waals surface area (Å²) in [6.45, 7) is 2.03. The van der Waals surface area contributed by atoms with E-state index in [1.165, 1.54) is 0 Å². The zero-order valence-electron chi connectivity index (χ0n) is 5.19. The van der Waals surface area contributed by atoms with Gasteiger partial charge in [-0.1, -0.05) is 5.47 Å². The summed E-state index contributed by atoms with van der Waals surface area (Å²) in [6.07, 6.45) is 0. The van der Waals surface area contributed by atoms with Crippen molar-refractivity contribution in [3.05, 3.63) is 11.2 Å². The molecule has 0 amide bonds. The minimum Gasteiger partial charge on any atom is -0.390 e. The number of hydrogen-bond acceptors (Lipinski definition) is 2. The summed E-state index contributed by atoms with van der Waals surface area (Å²) in [7, 11) is 0.857. The van der Waals surface area contributed by atoms with Gasteiger partial charge in [-0.15, -0.1) is 0 Å². The quantitative estimate of drug-likeness (QED) is 0.593. The molecule has 0 atom stereocenters. The maximum Gasteiger partial charge on any atom is 0.222 e. The second-order valence-electron chi connectivity index (χ2n) is 2.05. The molecule has 1 aliphatic rings. The van der Waals surface area contributed by atoms with Crippen LogP contribution in [0.15, 0.2) is 16.2 Å². The maximum atomic E-state index is 8.67. The number of aliphatic imine (C=N–C) groups is 1. The number of allylic oxidation sites excluding steroid dienone is 1. The van der Waals surface area contributed by atoms with E-state index in [4.69, 9.17) is 5.11 Å². The first kappa shape index (κ1) is 7.03. The Bertz CT molecular complexity index is 187. The standard InChI is InChI=1S/C5H7BBrNO/c1-3-4(2-9)8-5(7)6-3/h6,9H,2H2,1H3. The molecule has 2 nitrogen and oxygen atoms in total. The summed E-state index contributed by atoms with van der Waals surface area (Å²) < 4.78 is 0.920. The van der Waals surface area contributed by atoms with Crippen LogP contribution in [0.4, 0.5) is 0 Å². The lowest BCUT2D eigenvalue weighted by atomic mass is 9.73. The SMILES string of the molecule is CC1=C(CO)N=C(Br)B1. The maximum absolute atomic E-state index is 8.67. The summed E-state index contributed by atoms with van der Waals surface area (Å²) in [6, 6.07) is 0. The first-order chi connectivity index (χ1) is 4.24. The number of aliphatic hydroxyl groups is 1. The van der Waals surface area contributed by atoms with Crippen LogP contribution in [0.5, 0.6) is 0 Å². The Morgan fingerprint density at radius 1 is 1.78 bits per heavy atom. The van der Waals surface area contributed by atoms with Crippen molar-refractivity contribution in [3.8, 4) is 0 Å². The van der Waals surface area contributed by atoms with Gasteiger partial charge in [0.25, 0.3) is 0 Å². The van der Waals surface area contributed by atoms with E-state index in [0.717, 1.165) is 23.0 Å². The van der Waals surface area contributed by atoms with Gasteiger partial charge in [-0.05, 0) is 22.9 Å². The highest BCUT2D eigenvalue weighted by Gasteiger charge is 2.12. The fourth-order valence-electron chi connectivity index (χ4n) is 0.773. The molecule has 48 valence electrons. The average Bonchev–Trinajstić information content (AvgIpc) is 2.10. The molecular formula is C5H7BBrNO. The van der Waals surface area contributed by atoms with E-state index in [9.17, 15) is 0 Å². The van der Waals surface area contributed by atoms with Gasteiger partial charge in [0.05, 0.1) is 12.3 Å². The largest absolute Gasteiger partial charge is 0.390 e. The second kappa shape index (κ2) is 2.67. The third kappa shape index (κ3) is 1.43. The van der Waals surface area contributed by atoms with Crippen molar-refractivity contribution in [3.63, 3.8) is 0 Å². The lowest BCUT2D eigenvalue weighted by Gasteiger charge is -1.91. The van der Waals surface area contributed by atoms with Crippen LogP contribution in [0.1, 0.15) is 6.92 Å². The van der Waals surface area contributed by atoms with Crippen molar-refractivity contribution in [1.29, 1.82) is 0 Å². The van der Waals surface area contributed by atoms with Gasteiger partial charge in [-0.25, -0.2) is 0 Å². The van der Waals surface area contributed by atoms with Crippen LogP contribution in [-0.2, 0) is 0 Å². The van der Waals surface area contributed by atoms with E-state index in [1.807, 2.05) is 6.92 Å². The molecule has 0 aromatic rings. The fourth-order valence-corrected chi connectivity index (χ4v) is 1.41. The molecule has 1 heterocycles. The van der Waals surface area contributed by atoms with Gasteiger partial charge < -0.3 is 5.11 Å². The Balaban J connectivity index is 2.75. The first-order valence-corrected chi connectivity index (χ1v) is 3.56. The number of halogens is 1. The molecule has 0 radical (unpaired) electrons. The summed E-state index contributed by atoms with van der Waals surface area (Å²) in [5.41, 5.74) is 1.96. The lowest BCUT2D eigenvalue weighted by Crippen LogP contribution is -1.96. The Hall–Kier alpha value is -0.0851. The van der Waals surface area contributed by atoms with E-state index >= 15 is 0 Å². The Morgan fingerprint density at radius 3 is 2.67 bits per heavy atom. The Labute approximate surface area is 63.0 Å². The van der Waals surface area contributed by atoms with E-state index < -0.39 is 0 Å². The number of hydrogen-bond donors (Lipinski definition) is 1. The minimum absolute atomic E-state index is 0.0565. The third-order valence-electron chi connectivity index (χ3n) is 1.31. The van der Waals surface area contributed by atoms with Crippen molar-refractivity contribution in [2.45, 2.75) is 6.92 Å². The normalized spacial score (nSPS) is 17.9. The number of aliphatic hydroxyl groups excluding tert-OH is 1. The summed E-state index contributed by atoms with van der Waals surface area (Å²) in [4.78, 5) is 4.05. The second-order valence-corrected chi connectivity index (χ2v) is 2.97. The highest BCUT2D eigenvalue weighted by Crippen LogP contribution is 2.13. The molecule has 0 saturated carbocycles. The molecule has 0 unspecified atom stereocenters. The van der Waals surface area contributed by atoms with Crippen molar-refractivity contribution in [2.24, 2.45) is 4.99 Å². The highest BCUT2D eigenvalue weighted by molar-refractivity contribution is 9.19. The third-order valence-corrected chi connectivity index (χ3v) is 1.77. The minimum atomic E-state index is 0.0565. The Kier molecular flexibility index (Phi) is 2.08. The van der Waals surface area contributed by atoms with E-state index in [-0.39, 0.29) is 6.61 Å². The Morgan fingerprint density at radius 2 is 2.44 bits per heavy atom. The molecule has 0 spiro atoms. The van der Waals surface area contributed by atoms with E-state index in [1.54, 1.807) is 0 Å². The topological polar surface area (TPSA) is 32.6 Å². The number of rotatable bonds is 1. The number of nitrogens with zero attached hydrogens (tertiary/aromatic N) is 1. The fraction of sp³-hybridized carbons (Fsp3) is 0.400. The summed E-state index contributed by atoms with van der Waals surface area (Å²) in [5, 5.41) is 8.67. The molecule has 1 N–H and O–H groups in total. The van der Waals surface area contributed by atoms with Crippen LogP contribution in [0.3, 0.4) is 0 Å². The van der Waals surface area contributed by atoms with E-state index in [2.05, 4.69) is 20.9 Å². The molecule has 0 bridgehead atoms. The van der Waals surface area contributed by atoms with Crippen molar-refractivity contribution in [2.75, 3.05) is 6.61 Å². The first-order valence-electron chi connectivity index (χ1n) is 2.76. The van der Waals surface area contributed by atoms with Crippen molar-refractivity contribution in [1.82, 2.24) is 0 Å². The molecule has 0 aromatic heterocycles. The predicted molar refractivity (Wildman–Crippen MR) is 43.3 cm³/mol. The van der Waals surface area contributed by atoms with Gasteiger partial charge in [-0.3, -0.25) is 4.99 Å². The van der Waals surface area contributed by atoms with E-state index in [0.29, 0.717) is 0 Å². The van der Waals surface area contributed by atoms with Crippen LogP contribution in [-0.4, -0.2) is 23.5 Å². The molecule has 0 fully saturated rings. The molecule has 1 rings (SSSR count). The van der Waals surface area contributed by atoms with Crippen LogP contribution in [0.25, 0.3) is 0 Å². The van der Waals surface area contributed by atoms with Crippen molar-refractivity contribution < 1.29 is 5.11 Å².